The Morgan fingerprint density at radius 2 is 2.26 bits per heavy atom. The van der Waals surface area contributed by atoms with E-state index in [2.05, 4.69) is 20.1 Å². The lowest BCUT2D eigenvalue weighted by Crippen LogP contribution is -2.28. The number of thiazole rings is 1. The molecule has 4 heterocycles. The summed E-state index contributed by atoms with van der Waals surface area (Å²) in [5.41, 5.74) is 1.66. The van der Waals surface area contributed by atoms with Crippen molar-refractivity contribution in [3.8, 4) is 11.5 Å². The fourth-order valence-electron chi connectivity index (χ4n) is 3.42. The van der Waals surface area contributed by atoms with Crippen molar-refractivity contribution >= 4 is 17.2 Å². The molecule has 1 saturated heterocycles. The summed E-state index contributed by atoms with van der Waals surface area (Å²) in [6.07, 6.45) is 6.12. The highest BCUT2D eigenvalue weighted by atomic mass is 32.1. The van der Waals surface area contributed by atoms with Crippen molar-refractivity contribution in [2.75, 3.05) is 13.1 Å². The van der Waals surface area contributed by atoms with Gasteiger partial charge in [0.25, 0.3) is 11.8 Å². The van der Waals surface area contributed by atoms with Crippen molar-refractivity contribution < 1.29 is 9.32 Å². The van der Waals surface area contributed by atoms with E-state index in [1.54, 1.807) is 12.4 Å². The summed E-state index contributed by atoms with van der Waals surface area (Å²) in [6, 6.07) is 3.74. The van der Waals surface area contributed by atoms with E-state index < -0.39 is 0 Å². The summed E-state index contributed by atoms with van der Waals surface area (Å²) in [4.78, 5) is 28.3. The minimum absolute atomic E-state index is 0.110. The van der Waals surface area contributed by atoms with Crippen LogP contribution in [-0.4, -0.2) is 44.0 Å². The summed E-state index contributed by atoms with van der Waals surface area (Å²) >= 11 is 1.48. The number of aromatic nitrogens is 4. The summed E-state index contributed by atoms with van der Waals surface area (Å²) in [5, 5.41) is 5.01. The van der Waals surface area contributed by atoms with Gasteiger partial charge in [0.1, 0.15) is 4.88 Å². The molecule has 1 aliphatic heterocycles. The molecule has 1 unspecified atom stereocenters. The average molecular weight is 383 g/mol. The predicted octanol–water partition coefficient (Wildman–Crippen LogP) is 3.30. The number of aryl methyl sites for hydroxylation is 3. The third-order valence-electron chi connectivity index (χ3n) is 4.82. The predicted molar refractivity (Wildman–Crippen MR) is 101 cm³/mol. The first-order chi connectivity index (χ1) is 13.1. The first-order valence-electron chi connectivity index (χ1n) is 9.06. The average Bonchev–Trinajstić information content (AvgIpc) is 3.40. The highest BCUT2D eigenvalue weighted by Gasteiger charge is 2.29. The quantitative estimate of drug-likeness (QED) is 0.672. The molecule has 4 rings (SSSR count). The third kappa shape index (κ3) is 3.90. The number of amides is 1. The Bertz CT molecular complexity index is 937. The van der Waals surface area contributed by atoms with E-state index in [0.29, 0.717) is 17.6 Å². The number of likely N-dealkylation sites (tertiary alicyclic amines) is 1. The maximum Gasteiger partial charge on any atom is 0.265 e. The number of hydrogen-bond acceptors (Lipinski definition) is 7. The molecule has 0 bridgehead atoms. The van der Waals surface area contributed by atoms with Crippen molar-refractivity contribution in [3.63, 3.8) is 0 Å². The van der Waals surface area contributed by atoms with Crippen LogP contribution in [0.25, 0.3) is 11.5 Å². The summed E-state index contributed by atoms with van der Waals surface area (Å²) in [6.45, 7) is 5.42. The highest BCUT2D eigenvalue weighted by molar-refractivity contribution is 7.13. The number of pyridine rings is 1. The standard InChI is InChI=1S/C19H21N5O2S/c1-12-17(27-13(2)21-12)19(25)24-9-7-14(11-24)5-6-16-22-18(26-23-16)15-4-3-8-20-10-15/h3-4,8,10,14H,5-7,9,11H2,1-2H3. The number of carbonyl (C=O) groups excluding carboxylic acids is 1. The minimum atomic E-state index is 0.110. The third-order valence-corrected chi connectivity index (χ3v) is 5.88. The molecule has 0 spiro atoms. The van der Waals surface area contributed by atoms with E-state index in [1.165, 1.54) is 11.3 Å². The van der Waals surface area contributed by atoms with Gasteiger partial charge in [0, 0.05) is 31.9 Å². The van der Waals surface area contributed by atoms with Gasteiger partial charge >= 0.3 is 0 Å². The second-order valence-corrected chi connectivity index (χ2v) is 8.05. The Hall–Kier alpha value is -2.61. The second kappa shape index (κ2) is 7.56. The van der Waals surface area contributed by atoms with Crippen molar-refractivity contribution in [2.45, 2.75) is 33.1 Å². The summed E-state index contributed by atoms with van der Waals surface area (Å²) < 4.78 is 5.33. The molecule has 0 aliphatic carbocycles. The maximum absolute atomic E-state index is 12.7. The molecule has 0 aromatic carbocycles. The van der Waals surface area contributed by atoms with E-state index in [-0.39, 0.29) is 5.91 Å². The van der Waals surface area contributed by atoms with Crippen LogP contribution in [-0.2, 0) is 6.42 Å². The van der Waals surface area contributed by atoms with Crippen LogP contribution in [0.3, 0.4) is 0 Å². The molecule has 27 heavy (non-hydrogen) atoms. The molecule has 7 nitrogen and oxygen atoms in total. The van der Waals surface area contributed by atoms with Crippen LogP contribution in [0.15, 0.2) is 29.0 Å². The van der Waals surface area contributed by atoms with E-state index in [1.807, 2.05) is 30.9 Å². The van der Waals surface area contributed by atoms with Gasteiger partial charge in [-0.05, 0) is 44.7 Å². The van der Waals surface area contributed by atoms with Crippen molar-refractivity contribution in [1.29, 1.82) is 0 Å². The molecule has 140 valence electrons. The van der Waals surface area contributed by atoms with Crippen LogP contribution < -0.4 is 0 Å². The number of carbonyl (C=O) groups is 1. The van der Waals surface area contributed by atoms with Gasteiger partial charge in [0.15, 0.2) is 5.82 Å². The largest absolute Gasteiger partial charge is 0.338 e. The van der Waals surface area contributed by atoms with Crippen molar-refractivity contribution in [3.05, 3.63) is 45.9 Å². The Kier molecular flexibility index (Phi) is 4.98. The smallest absolute Gasteiger partial charge is 0.265 e. The minimum Gasteiger partial charge on any atom is -0.338 e. The zero-order valence-corrected chi connectivity index (χ0v) is 16.2. The van der Waals surface area contributed by atoms with Crippen molar-refractivity contribution in [1.82, 2.24) is 25.0 Å². The Morgan fingerprint density at radius 3 is 3.00 bits per heavy atom. The van der Waals surface area contributed by atoms with Gasteiger partial charge in [-0.15, -0.1) is 11.3 Å². The molecule has 1 amide bonds. The number of nitrogens with zero attached hydrogens (tertiary/aromatic N) is 5. The van der Waals surface area contributed by atoms with Gasteiger partial charge in [-0.1, -0.05) is 5.16 Å². The van der Waals surface area contributed by atoms with Crippen molar-refractivity contribution in [2.24, 2.45) is 5.92 Å². The molecule has 0 saturated carbocycles. The highest BCUT2D eigenvalue weighted by Crippen LogP contribution is 2.26. The molecular weight excluding hydrogens is 362 g/mol. The first kappa shape index (κ1) is 17.8. The Morgan fingerprint density at radius 1 is 1.37 bits per heavy atom. The molecule has 1 fully saturated rings. The number of rotatable bonds is 5. The van der Waals surface area contributed by atoms with Crippen LogP contribution in [0.2, 0.25) is 0 Å². The zero-order valence-electron chi connectivity index (χ0n) is 15.4. The van der Waals surface area contributed by atoms with Gasteiger partial charge in [0.2, 0.25) is 0 Å². The first-order valence-corrected chi connectivity index (χ1v) is 9.88. The fourth-order valence-corrected chi connectivity index (χ4v) is 4.31. The van der Waals surface area contributed by atoms with E-state index in [0.717, 1.165) is 53.5 Å². The topological polar surface area (TPSA) is 85.0 Å². The Labute approximate surface area is 161 Å². The SMILES string of the molecule is Cc1nc(C)c(C(=O)N2CCC(CCc3noc(-c4cccnc4)n3)C2)s1. The lowest BCUT2D eigenvalue weighted by atomic mass is 10.0. The second-order valence-electron chi connectivity index (χ2n) is 6.85. The summed E-state index contributed by atoms with van der Waals surface area (Å²) in [5.74, 6) is 1.77. The lowest BCUT2D eigenvalue weighted by Gasteiger charge is -2.15. The van der Waals surface area contributed by atoms with Crippen LogP contribution in [0.1, 0.15) is 39.0 Å². The van der Waals surface area contributed by atoms with Crippen LogP contribution in [0.5, 0.6) is 0 Å². The molecule has 3 aromatic rings. The van der Waals surface area contributed by atoms with E-state index >= 15 is 0 Å². The number of hydrogen-bond donors (Lipinski definition) is 0. The molecule has 3 aromatic heterocycles. The van der Waals surface area contributed by atoms with E-state index in [4.69, 9.17) is 4.52 Å². The molecule has 0 N–H and O–H groups in total. The van der Waals surface area contributed by atoms with Crippen LogP contribution in [0, 0.1) is 19.8 Å². The van der Waals surface area contributed by atoms with Crippen LogP contribution >= 0.6 is 11.3 Å². The molecule has 1 atom stereocenters. The van der Waals surface area contributed by atoms with Gasteiger partial charge < -0.3 is 9.42 Å². The molecule has 8 heteroatoms. The van der Waals surface area contributed by atoms with Gasteiger partial charge in [-0.2, -0.15) is 4.98 Å². The molecule has 0 radical (unpaired) electrons. The van der Waals surface area contributed by atoms with Gasteiger partial charge in [-0.3, -0.25) is 9.78 Å². The monoisotopic (exact) mass is 383 g/mol. The fraction of sp³-hybridized carbons (Fsp3) is 0.421. The summed E-state index contributed by atoms with van der Waals surface area (Å²) in [7, 11) is 0. The van der Waals surface area contributed by atoms with E-state index in [9.17, 15) is 4.79 Å². The molecule has 1 aliphatic rings. The normalized spacial score (nSPS) is 16.8. The molecular formula is C19H21N5O2S. The van der Waals surface area contributed by atoms with Gasteiger partial charge in [0.05, 0.1) is 16.3 Å². The zero-order chi connectivity index (χ0) is 18.8. The maximum atomic E-state index is 12.7. The van der Waals surface area contributed by atoms with Crippen LogP contribution in [0.4, 0.5) is 0 Å². The lowest BCUT2D eigenvalue weighted by molar-refractivity contribution is 0.0790. The Balaban J connectivity index is 1.32. The van der Waals surface area contributed by atoms with Gasteiger partial charge in [-0.25, -0.2) is 4.98 Å².